The lowest BCUT2D eigenvalue weighted by atomic mass is 9.99. The summed E-state index contributed by atoms with van der Waals surface area (Å²) in [6.07, 6.45) is 8.81. The van der Waals surface area contributed by atoms with Crippen LogP contribution in [0.3, 0.4) is 0 Å². The van der Waals surface area contributed by atoms with Crippen molar-refractivity contribution < 1.29 is 4.79 Å². The standard InChI is InChI=1S/C30H32N6O2/c1-3-13-35(14-4-2)28(37)24-17-23-7-6-21(18-26(23)34-27(31)19-24)20-8-9-25-22(16-20)10-15-36(29(25)38)30-32-11-5-12-33-30/h5-12,15-18,27,34H,3-4,13-14,19,31H2,1-2H3. The molecule has 1 amide bonds. The molecule has 0 radical (unpaired) electrons. The Bertz CT molecular complexity index is 1550. The molecule has 0 saturated heterocycles. The molecule has 1 atom stereocenters. The van der Waals surface area contributed by atoms with E-state index < -0.39 is 0 Å². The number of nitrogens with zero attached hydrogens (tertiary/aromatic N) is 4. The number of carbonyl (C=O) groups excluding carboxylic acids is 1. The highest BCUT2D eigenvalue weighted by atomic mass is 16.2. The van der Waals surface area contributed by atoms with Crippen LogP contribution >= 0.6 is 0 Å². The van der Waals surface area contributed by atoms with Gasteiger partial charge in [0, 0.05) is 54.7 Å². The molecule has 38 heavy (non-hydrogen) atoms. The van der Waals surface area contributed by atoms with Crippen LogP contribution in [0.2, 0.25) is 0 Å². The smallest absolute Gasteiger partial charge is 0.265 e. The van der Waals surface area contributed by atoms with Crippen LogP contribution in [0.5, 0.6) is 0 Å². The first-order valence-corrected chi connectivity index (χ1v) is 13.1. The Morgan fingerprint density at radius 3 is 2.50 bits per heavy atom. The number of rotatable bonds is 7. The number of nitrogens with two attached hydrogens (primary N) is 1. The third kappa shape index (κ3) is 5.08. The molecule has 8 heteroatoms. The van der Waals surface area contributed by atoms with Gasteiger partial charge in [0.1, 0.15) is 0 Å². The molecule has 0 fully saturated rings. The second-order valence-corrected chi connectivity index (χ2v) is 9.56. The summed E-state index contributed by atoms with van der Waals surface area (Å²) in [6, 6.07) is 15.5. The Hall–Kier alpha value is -4.30. The van der Waals surface area contributed by atoms with Gasteiger partial charge in [0.25, 0.3) is 5.56 Å². The summed E-state index contributed by atoms with van der Waals surface area (Å²) < 4.78 is 1.45. The van der Waals surface area contributed by atoms with Crippen LogP contribution in [-0.2, 0) is 4.79 Å². The van der Waals surface area contributed by atoms with Gasteiger partial charge in [-0.05, 0) is 71.3 Å². The van der Waals surface area contributed by atoms with Gasteiger partial charge in [0.2, 0.25) is 11.9 Å². The first-order valence-electron chi connectivity index (χ1n) is 13.1. The summed E-state index contributed by atoms with van der Waals surface area (Å²) in [4.78, 5) is 36.7. The Kier molecular flexibility index (Phi) is 7.33. The lowest BCUT2D eigenvalue weighted by Crippen LogP contribution is -2.36. The highest BCUT2D eigenvalue weighted by molar-refractivity contribution is 5.99. The van der Waals surface area contributed by atoms with Gasteiger partial charge < -0.3 is 16.0 Å². The summed E-state index contributed by atoms with van der Waals surface area (Å²) in [7, 11) is 0. The molecule has 4 aromatic rings. The van der Waals surface area contributed by atoms with Crippen LogP contribution in [0.25, 0.3) is 33.9 Å². The van der Waals surface area contributed by atoms with Gasteiger partial charge >= 0.3 is 0 Å². The third-order valence-corrected chi connectivity index (χ3v) is 6.72. The molecule has 0 spiro atoms. The fourth-order valence-corrected chi connectivity index (χ4v) is 4.93. The zero-order valence-electron chi connectivity index (χ0n) is 21.7. The number of anilines is 1. The van der Waals surface area contributed by atoms with Crippen molar-refractivity contribution in [3.63, 3.8) is 0 Å². The minimum Gasteiger partial charge on any atom is -0.369 e. The maximum absolute atomic E-state index is 13.3. The van der Waals surface area contributed by atoms with Crippen LogP contribution in [0.15, 0.2) is 77.5 Å². The van der Waals surface area contributed by atoms with E-state index in [9.17, 15) is 9.59 Å². The van der Waals surface area contributed by atoms with Gasteiger partial charge in [-0.25, -0.2) is 9.97 Å². The SMILES string of the molecule is CCCN(CCC)C(=O)C1=Cc2ccc(-c3ccc4c(=O)n(-c5ncccn5)ccc4c3)cc2NC(N)C1. The second-order valence-electron chi connectivity index (χ2n) is 9.56. The van der Waals surface area contributed by atoms with Crippen LogP contribution in [0.4, 0.5) is 5.69 Å². The molecule has 5 rings (SSSR count). The minimum atomic E-state index is -0.373. The number of aromatic nitrogens is 3. The Labute approximate surface area is 221 Å². The molecule has 3 heterocycles. The number of amides is 1. The fourth-order valence-electron chi connectivity index (χ4n) is 4.93. The van der Waals surface area contributed by atoms with E-state index in [1.165, 1.54) is 4.57 Å². The van der Waals surface area contributed by atoms with Crippen molar-refractivity contribution in [2.24, 2.45) is 5.73 Å². The van der Waals surface area contributed by atoms with E-state index in [1.807, 2.05) is 47.4 Å². The first-order chi connectivity index (χ1) is 18.5. The highest BCUT2D eigenvalue weighted by Gasteiger charge is 2.23. The Balaban J connectivity index is 1.48. The largest absolute Gasteiger partial charge is 0.369 e. The third-order valence-electron chi connectivity index (χ3n) is 6.72. The average molecular weight is 509 g/mol. The summed E-state index contributed by atoms with van der Waals surface area (Å²) >= 11 is 0. The van der Waals surface area contributed by atoms with Crippen molar-refractivity contribution in [3.8, 4) is 17.1 Å². The molecule has 1 aliphatic rings. The topological polar surface area (TPSA) is 106 Å². The van der Waals surface area contributed by atoms with Crippen molar-refractivity contribution in [1.29, 1.82) is 0 Å². The van der Waals surface area contributed by atoms with E-state index in [0.29, 0.717) is 17.8 Å². The molecular weight excluding hydrogens is 476 g/mol. The minimum absolute atomic E-state index is 0.0592. The van der Waals surface area contributed by atoms with E-state index >= 15 is 0 Å². The molecule has 0 bridgehead atoms. The number of benzene rings is 2. The van der Waals surface area contributed by atoms with Crippen LogP contribution in [-0.4, -0.2) is 44.6 Å². The van der Waals surface area contributed by atoms with E-state index in [1.54, 1.807) is 24.7 Å². The normalized spacial score (nSPS) is 14.8. The number of nitrogens with one attached hydrogen (secondary N) is 1. The lowest BCUT2D eigenvalue weighted by Gasteiger charge is -2.23. The van der Waals surface area contributed by atoms with Crippen LogP contribution in [0, 0.1) is 0 Å². The van der Waals surface area contributed by atoms with Crippen molar-refractivity contribution in [2.45, 2.75) is 39.3 Å². The van der Waals surface area contributed by atoms with E-state index in [2.05, 4.69) is 35.2 Å². The maximum Gasteiger partial charge on any atom is 0.265 e. The van der Waals surface area contributed by atoms with Crippen molar-refractivity contribution >= 4 is 28.4 Å². The zero-order chi connectivity index (χ0) is 26.6. The molecule has 2 aromatic carbocycles. The van der Waals surface area contributed by atoms with Crippen molar-refractivity contribution in [3.05, 3.63) is 88.6 Å². The summed E-state index contributed by atoms with van der Waals surface area (Å²) in [5.74, 6) is 0.402. The molecule has 3 N–H and O–H groups in total. The van der Waals surface area contributed by atoms with E-state index in [0.717, 1.165) is 59.3 Å². The molecule has 0 aliphatic carbocycles. The highest BCUT2D eigenvalue weighted by Crippen LogP contribution is 2.32. The van der Waals surface area contributed by atoms with Gasteiger partial charge in [-0.3, -0.25) is 14.2 Å². The summed E-state index contributed by atoms with van der Waals surface area (Å²) in [6.45, 7) is 5.65. The predicted molar refractivity (Wildman–Crippen MR) is 152 cm³/mol. The molecule has 0 saturated carbocycles. The zero-order valence-corrected chi connectivity index (χ0v) is 21.7. The van der Waals surface area contributed by atoms with Crippen molar-refractivity contribution in [2.75, 3.05) is 18.4 Å². The van der Waals surface area contributed by atoms with Crippen LogP contribution in [0.1, 0.15) is 38.7 Å². The summed E-state index contributed by atoms with van der Waals surface area (Å²) in [5.41, 5.74) is 10.7. The number of hydrogen-bond acceptors (Lipinski definition) is 6. The summed E-state index contributed by atoms with van der Waals surface area (Å²) in [5, 5.41) is 4.80. The Morgan fingerprint density at radius 1 is 1.05 bits per heavy atom. The van der Waals surface area contributed by atoms with Gasteiger partial charge in [-0.2, -0.15) is 0 Å². The predicted octanol–water partition coefficient (Wildman–Crippen LogP) is 4.58. The molecule has 1 aliphatic heterocycles. The number of fused-ring (bicyclic) bond motifs is 2. The number of carbonyl (C=O) groups is 1. The fraction of sp³-hybridized carbons (Fsp3) is 0.267. The van der Waals surface area contributed by atoms with E-state index in [4.69, 9.17) is 5.73 Å². The first kappa shape index (κ1) is 25.4. The molecule has 1 unspecified atom stereocenters. The molecule has 8 nitrogen and oxygen atoms in total. The molecular formula is C30H32N6O2. The quantitative estimate of drug-likeness (QED) is 0.379. The maximum atomic E-state index is 13.3. The van der Waals surface area contributed by atoms with Gasteiger partial charge in [0.05, 0.1) is 6.17 Å². The second kappa shape index (κ2) is 11.0. The van der Waals surface area contributed by atoms with Gasteiger partial charge in [-0.1, -0.05) is 32.0 Å². The average Bonchev–Trinajstić information content (AvgIpc) is 3.10. The molecule has 194 valence electrons. The number of pyridine rings is 1. The lowest BCUT2D eigenvalue weighted by molar-refractivity contribution is -0.127. The Morgan fingerprint density at radius 2 is 1.76 bits per heavy atom. The van der Waals surface area contributed by atoms with E-state index in [-0.39, 0.29) is 17.6 Å². The van der Waals surface area contributed by atoms with Crippen molar-refractivity contribution in [1.82, 2.24) is 19.4 Å². The number of hydrogen-bond donors (Lipinski definition) is 2. The molecule has 2 aromatic heterocycles. The monoisotopic (exact) mass is 508 g/mol. The van der Waals surface area contributed by atoms with Crippen LogP contribution < -0.4 is 16.6 Å². The van der Waals surface area contributed by atoms with Gasteiger partial charge in [-0.15, -0.1) is 0 Å². The van der Waals surface area contributed by atoms with Gasteiger partial charge in [0.15, 0.2) is 0 Å².